The summed E-state index contributed by atoms with van der Waals surface area (Å²) in [6.45, 7) is 6.77. The summed E-state index contributed by atoms with van der Waals surface area (Å²) in [5.41, 5.74) is 1.14. The summed E-state index contributed by atoms with van der Waals surface area (Å²) in [4.78, 5) is 26.9. The molecule has 0 radical (unpaired) electrons. The fraction of sp³-hybridized carbons (Fsp3) is 0.579. The van der Waals surface area contributed by atoms with Crippen LogP contribution in [-0.2, 0) is 4.79 Å². The molecule has 1 aromatic carbocycles. The first kappa shape index (κ1) is 17.0. The molecule has 1 saturated carbocycles. The van der Waals surface area contributed by atoms with Gasteiger partial charge in [0.25, 0.3) is 5.91 Å². The summed E-state index contributed by atoms with van der Waals surface area (Å²) in [5, 5.41) is 5.90. The lowest BCUT2D eigenvalue weighted by atomic mass is 9.92. The number of piperidine rings is 1. The van der Waals surface area contributed by atoms with Crippen LogP contribution in [0, 0.1) is 11.8 Å². The Bertz CT molecular complexity index is 602. The molecule has 2 aliphatic rings. The van der Waals surface area contributed by atoms with Crippen LogP contribution in [-0.4, -0.2) is 42.4 Å². The molecule has 5 nitrogen and oxygen atoms in total. The van der Waals surface area contributed by atoms with Gasteiger partial charge in [-0.05, 0) is 43.2 Å². The molecule has 2 fully saturated rings. The van der Waals surface area contributed by atoms with E-state index in [-0.39, 0.29) is 11.8 Å². The second-order valence-electron chi connectivity index (χ2n) is 7.48. The number of hydrogen-bond donors (Lipinski definition) is 2. The van der Waals surface area contributed by atoms with Crippen LogP contribution < -0.4 is 10.6 Å². The SMILES string of the molecule is C[C@H]1C[C@H](C)CN(CC(=O)Nc2ccccc2C(=O)NC2CC2)C1. The molecular formula is C19H27N3O2. The topological polar surface area (TPSA) is 61.4 Å². The molecule has 5 heteroatoms. The Morgan fingerprint density at radius 3 is 2.46 bits per heavy atom. The standard InChI is InChI=1S/C19H27N3O2/c1-13-9-14(2)11-22(10-13)12-18(23)21-17-6-4-3-5-16(17)19(24)20-15-7-8-15/h3-6,13-15H,7-12H2,1-2H3,(H,20,24)(H,21,23)/t13-,14-/m0/s1. The molecule has 0 spiro atoms. The second-order valence-corrected chi connectivity index (χ2v) is 7.48. The van der Waals surface area contributed by atoms with E-state index in [0.29, 0.717) is 35.7 Å². The number of hydrogen-bond acceptors (Lipinski definition) is 3. The molecule has 1 heterocycles. The van der Waals surface area contributed by atoms with Crippen molar-refractivity contribution in [1.82, 2.24) is 10.2 Å². The molecule has 2 atom stereocenters. The van der Waals surface area contributed by atoms with Crippen molar-refractivity contribution in [2.45, 2.75) is 39.2 Å². The molecule has 1 saturated heterocycles. The molecule has 0 aromatic heterocycles. The van der Waals surface area contributed by atoms with Gasteiger partial charge < -0.3 is 10.6 Å². The number of carbonyl (C=O) groups excluding carboxylic acids is 2. The van der Waals surface area contributed by atoms with Gasteiger partial charge in [-0.25, -0.2) is 0 Å². The van der Waals surface area contributed by atoms with E-state index in [2.05, 4.69) is 29.4 Å². The van der Waals surface area contributed by atoms with E-state index in [0.717, 1.165) is 25.9 Å². The molecule has 0 unspecified atom stereocenters. The Kier molecular flexibility index (Phi) is 5.19. The Morgan fingerprint density at radius 1 is 1.12 bits per heavy atom. The van der Waals surface area contributed by atoms with Crippen LogP contribution in [0.1, 0.15) is 43.5 Å². The van der Waals surface area contributed by atoms with Crippen molar-refractivity contribution in [3.8, 4) is 0 Å². The minimum Gasteiger partial charge on any atom is -0.349 e. The van der Waals surface area contributed by atoms with Gasteiger partial charge in [0.15, 0.2) is 0 Å². The van der Waals surface area contributed by atoms with Gasteiger partial charge in [-0.15, -0.1) is 0 Å². The number of carbonyl (C=O) groups is 2. The molecule has 1 aliphatic heterocycles. The third-order valence-corrected chi connectivity index (χ3v) is 4.67. The highest BCUT2D eigenvalue weighted by Crippen LogP contribution is 2.22. The molecule has 24 heavy (non-hydrogen) atoms. The molecule has 1 aliphatic carbocycles. The molecule has 1 aromatic rings. The van der Waals surface area contributed by atoms with Crippen molar-refractivity contribution < 1.29 is 9.59 Å². The largest absolute Gasteiger partial charge is 0.349 e. The van der Waals surface area contributed by atoms with Crippen molar-refractivity contribution in [1.29, 1.82) is 0 Å². The summed E-state index contributed by atoms with van der Waals surface area (Å²) >= 11 is 0. The van der Waals surface area contributed by atoms with Crippen LogP contribution in [0.5, 0.6) is 0 Å². The van der Waals surface area contributed by atoms with E-state index in [1.165, 1.54) is 6.42 Å². The number of likely N-dealkylation sites (tertiary alicyclic amines) is 1. The maximum atomic E-state index is 12.4. The molecule has 2 N–H and O–H groups in total. The number of nitrogens with one attached hydrogen (secondary N) is 2. The van der Waals surface area contributed by atoms with Crippen molar-refractivity contribution in [2.24, 2.45) is 11.8 Å². The minimum absolute atomic E-state index is 0.0528. The summed E-state index contributed by atoms with van der Waals surface area (Å²) < 4.78 is 0. The van der Waals surface area contributed by atoms with Gasteiger partial charge in [-0.2, -0.15) is 0 Å². The highest BCUT2D eigenvalue weighted by molar-refractivity contribution is 6.04. The van der Waals surface area contributed by atoms with Gasteiger partial charge in [0.05, 0.1) is 17.8 Å². The number of para-hydroxylation sites is 1. The fourth-order valence-corrected chi connectivity index (χ4v) is 3.59. The number of amides is 2. The van der Waals surface area contributed by atoms with Crippen LogP contribution in [0.15, 0.2) is 24.3 Å². The lowest BCUT2D eigenvalue weighted by Crippen LogP contribution is -2.43. The molecule has 0 bridgehead atoms. The van der Waals surface area contributed by atoms with E-state index in [4.69, 9.17) is 0 Å². The Hall–Kier alpha value is -1.88. The van der Waals surface area contributed by atoms with Crippen molar-refractivity contribution in [3.63, 3.8) is 0 Å². The zero-order chi connectivity index (χ0) is 17.1. The third-order valence-electron chi connectivity index (χ3n) is 4.67. The zero-order valence-electron chi connectivity index (χ0n) is 14.5. The Morgan fingerprint density at radius 2 is 1.79 bits per heavy atom. The number of nitrogens with zero attached hydrogens (tertiary/aromatic N) is 1. The van der Waals surface area contributed by atoms with E-state index in [1.54, 1.807) is 12.1 Å². The van der Waals surface area contributed by atoms with Gasteiger partial charge in [0.2, 0.25) is 5.91 Å². The lowest BCUT2D eigenvalue weighted by Gasteiger charge is -2.34. The van der Waals surface area contributed by atoms with E-state index in [1.807, 2.05) is 12.1 Å². The summed E-state index contributed by atoms with van der Waals surface area (Å²) in [6.07, 6.45) is 3.32. The lowest BCUT2D eigenvalue weighted by molar-refractivity contribution is -0.117. The van der Waals surface area contributed by atoms with Gasteiger partial charge in [-0.3, -0.25) is 14.5 Å². The van der Waals surface area contributed by atoms with Gasteiger partial charge in [-0.1, -0.05) is 26.0 Å². The Labute approximate surface area is 143 Å². The second kappa shape index (κ2) is 7.34. The van der Waals surface area contributed by atoms with Crippen LogP contribution in [0.3, 0.4) is 0 Å². The average Bonchev–Trinajstić information content (AvgIpc) is 3.30. The van der Waals surface area contributed by atoms with E-state index in [9.17, 15) is 9.59 Å². The summed E-state index contributed by atoms with van der Waals surface area (Å²) in [7, 11) is 0. The van der Waals surface area contributed by atoms with Crippen molar-refractivity contribution >= 4 is 17.5 Å². The zero-order valence-corrected chi connectivity index (χ0v) is 14.5. The molecule has 3 rings (SSSR count). The maximum absolute atomic E-state index is 12.4. The van der Waals surface area contributed by atoms with Crippen LogP contribution in [0.2, 0.25) is 0 Å². The fourth-order valence-electron chi connectivity index (χ4n) is 3.59. The molecule has 130 valence electrons. The predicted molar refractivity (Wildman–Crippen MR) is 94.9 cm³/mol. The number of benzene rings is 1. The highest BCUT2D eigenvalue weighted by Gasteiger charge is 2.26. The Balaban J connectivity index is 1.60. The normalized spacial score (nSPS) is 24.4. The number of anilines is 1. The molecular weight excluding hydrogens is 302 g/mol. The highest BCUT2D eigenvalue weighted by atomic mass is 16.2. The molecule has 2 amide bonds. The first-order valence-electron chi connectivity index (χ1n) is 8.93. The monoisotopic (exact) mass is 329 g/mol. The minimum atomic E-state index is -0.103. The van der Waals surface area contributed by atoms with Crippen LogP contribution in [0.4, 0.5) is 5.69 Å². The van der Waals surface area contributed by atoms with Crippen LogP contribution in [0.25, 0.3) is 0 Å². The smallest absolute Gasteiger partial charge is 0.253 e. The number of rotatable bonds is 5. The summed E-state index contributed by atoms with van der Waals surface area (Å²) in [6, 6.07) is 7.53. The van der Waals surface area contributed by atoms with Gasteiger partial charge in [0.1, 0.15) is 0 Å². The van der Waals surface area contributed by atoms with Crippen molar-refractivity contribution in [2.75, 3.05) is 25.0 Å². The maximum Gasteiger partial charge on any atom is 0.253 e. The van der Waals surface area contributed by atoms with E-state index < -0.39 is 0 Å². The first-order chi connectivity index (χ1) is 11.5. The van der Waals surface area contributed by atoms with E-state index >= 15 is 0 Å². The van der Waals surface area contributed by atoms with Crippen LogP contribution >= 0.6 is 0 Å². The predicted octanol–water partition coefficient (Wildman–Crippen LogP) is 2.50. The van der Waals surface area contributed by atoms with Gasteiger partial charge >= 0.3 is 0 Å². The average molecular weight is 329 g/mol. The first-order valence-corrected chi connectivity index (χ1v) is 8.93. The van der Waals surface area contributed by atoms with Gasteiger partial charge in [0, 0.05) is 19.1 Å². The third kappa shape index (κ3) is 4.57. The summed E-state index contributed by atoms with van der Waals surface area (Å²) in [5.74, 6) is 1.09. The van der Waals surface area contributed by atoms with Crippen molar-refractivity contribution in [3.05, 3.63) is 29.8 Å². The quantitative estimate of drug-likeness (QED) is 0.872.